The lowest BCUT2D eigenvalue weighted by Gasteiger charge is -2.03. The van der Waals surface area contributed by atoms with Gasteiger partial charge in [-0.1, -0.05) is 0 Å². The molecule has 0 aliphatic rings. The van der Waals surface area contributed by atoms with Crippen LogP contribution in [0.1, 0.15) is 16.2 Å². The van der Waals surface area contributed by atoms with Crippen molar-refractivity contribution in [3.05, 3.63) is 35.9 Å². The average molecular weight is 232 g/mol. The van der Waals surface area contributed by atoms with Crippen molar-refractivity contribution < 1.29 is 4.79 Å². The number of nitrogens with zero attached hydrogens (tertiary/aromatic N) is 5. The highest BCUT2D eigenvalue weighted by atomic mass is 16.1. The van der Waals surface area contributed by atoms with E-state index in [2.05, 4.69) is 25.8 Å². The second-order valence-corrected chi connectivity index (χ2v) is 3.46. The smallest absolute Gasteiger partial charge is 0.251 e. The van der Waals surface area contributed by atoms with Crippen LogP contribution in [-0.2, 0) is 13.5 Å². The monoisotopic (exact) mass is 232 g/mol. The highest BCUT2D eigenvalue weighted by Gasteiger charge is 2.05. The first-order valence-corrected chi connectivity index (χ1v) is 5.17. The van der Waals surface area contributed by atoms with Gasteiger partial charge < -0.3 is 5.32 Å². The number of carbonyl (C=O) groups is 1. The fourth-order valence-corrected chi connectivity index (χ4v) is 1.35. The van der Waals surface area contributed by atoms with Crippen LogP contribution in [0.4, 0.5) is 0 Å². The fourth-order valence-electron chi connectivity index (χ4n) is 1.35. The van der Waals surface area contributed by atoms with Gasteiger partial charge >= 0.3 is 0 Å². The van der Waals surface area contributed by atoms with Crippen molar-refractivity contribution in [3.63, 3.8) is 0 Å². The van der Waals surface area contributed by atoms with E-state index in [4.69, 9.17) is 0 Å². The number of nitrogens with one attached hydrogen (secondary N) is 1. The Hall–Kier alpha value is -2.31. The summed E-state index contributed by atoms with van der Waals surface area (Å²) >= 11 is 0. The molecule has 2 heterocycles. The largest absolute Gasteiger partial charge is 0.352 e. The summed E-state index contributed by atoms with van der Waals surface area (Å²) < 4.78 is 1.58. The maximum Gasteiger partial charge on any atom is 0.251 e. The van der Waals surface area contributed by atoms with Crippen LogP contribution >= 0.6 is 0 Å². The zero-order valence-electron chi connectivity index (χ0n) is 9.37. The van der Waals surface area contributed by atoms with E-state index >= 15 is 0 Å². The number of amides is 1. The minimum Gasteiger partial charge on any atom is -0.352 e. The maximum atomic E-state index is 11.7. The molecular formula is C10H12N6O. The molecule has 1 amide bonds. The van der Waals surface area contributed by atoms with E-state index in [0.29, 0.717) is 18.5 Å². The van der Waals surface area contributed by atoms with Gasteiger partial charge in [0.05, 0.1) is 0 Å². The molecule has 2 aromatic heterocycles. The molecule has 0 saturated carbocycles. The van der Waals surface area contributed by atoms with Crippen molar-refractivity contribution >= 4 is 5.91 Å². The topological polar surface area (TPSA) is 85.6 Å². The number of hydrogen-bond donors (Lipinski definition) is 1. The van der Waals surface area contributed by atoms with Gasteiger partial charge in [0, 0.05) is 38.0 Å². The molecule has 0 bridgehead atoms. The Kier molecular flexibility index (Phi) is 3.39. The fraction of sp³-hybridized carbons (Fsp3) is 0.300. The molecule has 0 spiro atoms. The van der Waals surface area contributed by atoms with Crippen LogP contribution in [0.3, 0.4) is 0 Å². The third kappa shape index (κ3) is 2.83. The highest BCUT2D eigenvalue weighted by Crippen LogP contribution is 1.96. The lowest BCUT2D eigenvalue weighted by Crippen LogP contribution is -2.26. The molecule has 17 heavy (non-hydrogen) atoms. The van der Waals surface area contributed by atoms with Gasteiger partial charge in [-0.25, -0.2) is 4.68 Å². The van der Waals surface area contributed by atoms with Crippen LogP contribution in [0.25, 0.3) is 0 Å². The molecule has 2 aromatic rings. The summed E-state index contributed by atoms with van der Waals surface area (Å²) in [7, 11) is 1.76. The number of hydrogen-bond acceptors (Lipinski definition) is 5. The molecule has 0 radical (unpaired) electrons. The van der Waals surface area contributed by atoms with Gasteiger partial charge in [-0.05, 0) is 22.6 Å². The second-order valence-electron chi connectivity index (χ2n) is 3.46. The molecule has 0 atom stereocenters. The molecule has 1 N–H and O–H groups in total. The number of tetrazole rings is 1. The van der Waals surface area contributed by atoms with Crippen molar-refractivity contribution in [2.24, 2.45) is 7.05 Å². The van der Waals surface area contributed by atoms with Gasteiger partial charge in [0.15, 0.2) is 5.82 Å². The zero-order valence-corrected chi connectivity index (χ0v) is 9.37. The summed E-state index contributed by atoms with van der Waals surface area (Å²) in [5, 5.41) is 13.8. The molecule has 0 unspecified atom stereocenters. The van der Waals surface area contributed by atoms with E-state index in [1.807, 2.05) is 0 Å². The van der Waals surface area contributed by atoms with Gasteiger partial charge in [0.1, 0.15) is 0 Å². The van der Waals surface area contributed by atoms with E-state index in [1.165, 1.54) is 0 Å². The van der Waals surface area contributed by atoms with Gasteiger partial charge in [-0.3, -0.25) is 9.78 Å². The molecule has 88 valence electrons. The van der Waals surface area contributed by atoms with Crippen LogP contribution < -0.4 is 5.32 Å². The van der Waals surface area contributed by atoms with E-state index < -0.39 is 0 Å². The predicted molar refractivity (Wildman–Crippen MR) is 59.1 cm³/mol. The van der Waals surface area contributed by atoms with Gasteiger partial charge in [0.25, 0.3) is 5.91 Å². The Balaban J connectivity index is 1.84. The molecule has 0 saturated heterocycles. The van der Waals surface area contributed by atoms with Crippen molar-refractivity contribution in [2.45, 2.75) is 6.42 Å². The predicted octanol–water partition coefficient (Wildman–Crippen LogP) is -0.422. The number of carbonyl (C=O) groups excluding carboxylic acids is 1. The third-order valence-electron chi connectivity index (χ3n) is 2.28. The Labute approximate surface area is 97.9 Å². The van der Waals surface area contributed by atoms with Crippen LogP contribution in [0.15, 0.2) is 24.5 Å². The Morgan fingerprint density at radius 3 is 2.82 bits per heavy atom. The first-order chi connectivity index (χ1) is 8.27. The first kappa shape index (κ1) is 11.2. The number of rotatable bonds is 4. The average Bonchev–Trinajstić information content (AvgIpc) is 2.76. The normalized spacial score (nSPS) is 10.2. The van der Waals surface area contributed by atoms with Crippen LogP contribution in [0.2, 0.25) is 0 Å². The number of aryl methyl sites for hydroxylation is 1. The summed E-state index contributed by atoms with van der Waals surface area (Å²) in [6.45, 7) is 0.495. The lowest BCUT2D eigenvalue weighted by molar-refractivity contribution is 0.0953. The number of pyridine rings is 1. The molecule has 7 nitrogen and oxygen atoms in total. The molecule has 0 aliphatic heterocycles. The number of aromatic nitrogens is 5. The Morgan fingerprint density at radius 2 is 2.18 bits per heavy atom. The van der Waals surface area contributed by atoms with E-state index in [0.717, 1.165) is 5.82 Å². The van der Waals surface area contributed by atoms with Gasteiger partial charge in [-0.15, -0.1) is 5.10 Å². The standard InChI is InChI=1S/C10H12N6O/c1-16-9(13-14-15-16)4-7-12-10(17)8-2-5-11-6-3-8/h2-3,5-6H,4,7H2,1H3,(H,12,17). The first-order valence-electron chi connectivity index (χ1n) is 5.17. The van der Waals surface area contributed by atoms with E-state index in [9.17, 15) is 4.79 Å². The van der Waals surface area contributed by atoms with E-state index in [-0.39, 0.29) is 5.91 Å². The van der Waals surface area contributed by atoms with Crippen LogP contribution in [0, 0.1) is 0 Å². The molecule has 2 rings (SSSR count). The molecule has 0 aromatic carbocycles. The molecule has 7 heteroatoms. The summed E-state index contributed by atoms with van der Waals surface area (Å²) in [6, 6.07) is 3.33. The summed E-state index contributed by atoms with van der Waals surface area (Å²) in [5.41, 5.74) is 0.594. The van der Waals surface area contributed by atoms with Crippen LogP contribution in [-0.4, -0.2) is 37.6 Å². The van der Waals surface area contributed by atoms with E-state index in [1.54, 1.807) is 36.3 Å². The van der Waals surface area contributed by atoms with Crippen molar-refractivity contribution in [1.29, 1.82) is 0 Å². The quantitative estimate of drug-likeness (QED) is 0.773. The molecular weight excluding hydrogens is 220 g/mol. The summed E-state index contributed by atoms with van der Waals surface area (Å²) in [6.07, 6.45) is 3.77. The van der Waals surface area contributed by atoms with Gasteiger partial charge in [-0.2, -0.15) is 0 Å². The summed E-state index contributed by atoms with van der Waals surface area (Å²) in [4.78, 5) is 15.5. The zero-order chi connectivity index (χ0) is 12.1. The highest BCUT2D eigenvalue weighted by molar-refractivity contribution is 5.93. The molecule has 0 fully saturated rings. The van der Waals surface area contributed by atoms with Crippen LogP contribution in [0.5, 0.6) is 0 Å². The summed E-state index contributed by atoms with van der Waals surface area (Å²) in [5.74, 6) is 0.613. The van der Waals surface area contributed by atoms with Crippen molar-refractivity contribution in [1.82, 2.24) is 30.5 Å². The Bertz CT molecular complexity index is 495. The SMILES string of the molecule is Cn1nnnc1CCNC(=O)c1ccncc1. The maximum absolute atomic E-state index is 11.7. The second kappa shape index (κ2) is 5.15. The minimum atomic E-state index is -0.123. The molecule has 0 aliphatic carbocycles. The van der Waals surface area contributed by atoms with Crippen molar-refractivity contribution in [3.8, 4) is 0 Å². The minimum absolute atomic E-state index is 0.123. The van der Waals surface area contributed by atoms with Gasteiger partial charge in [0.2, 0.25) is 0 Å². The third-order valence-corrected chi connectivity index (χ3v) is 2.28. The lowest BCUT2D eigenvalue weighted by atomic mass is 10.2. The van der Waals surface area contributed by atoms with Crippen molar-refractivity contribution in [2.75, 3.05) is 6.54 Å². The Morgan fingerprint density at radius 1 is 1.41 bits per heavy atom.